The van der Waals surface area contributed by atoms with Crippen molar-refractivity contribution >= 4 is 17.5 Å². The summed E-state index contributed by atoms with van der Waals surface area (Å²) in [6, 6.07) is 0.182. The number of aromatic nitrogens is 2. The largest absolute Gasteiger partial charge is 0.360 e. The molecule has 1 unspecified atom stereocenters. The molecule has 1 aliphatic rings. The van der Waals surface area contributed by atoms with Gasteiger partial charge in [0.1, 0.15) is 6.20 Å². The van der Waals surface area contributed by atoms with Gasteiger partial charge >= 0.3 is 5.69 Å². The van der Waals surface area contributed by atoms with Crippen LogP contribution in [0.1, 0.15) is 19.8 Å². The van der Waals surface area contributed by atoms with Crippen molar-refractivity contribution < 1.29 is 4.92 Å². The van der Waals surface area contributed by atoms with Crippen LogP contribution in [0.25, 0.3) is 0 Å². The Balaban J connectivity index is 2.16. The second kappa shape index (κ2) is 6.47. The first-order chi connectivity index (χ1) is 9.63. The maximum Gasteiger partial charge on any atom is 0.329 e. The quantitative estimate of drug-likeness (QED) is 0.620. The number of nitro groups is 1. The summed E-state index contributed by atoms with van der Waals surface area (Å²) in [7, 11) is 1.68. The highest BCUT2D eigenvalue weighted by Gasteiger charge is 2.23. The molecule has 1 fully saturated rings. The van der Waals surface area contributed by atoms with Crippen LogP contribution >= 0.6 is 0 Å². The van der Waals surface area contributed by atoms with E-state index in [1.807, 2.05) is 0 Å². The van der Waals surface area contributed by atoms with Crippen molar-refractivity contribution in [2.45, 2.75) is 25.8 Å². The Labute approximate surface area is 117 Å². The lowest BCUT2D eigenvalue weighted by atomic mass is 10.1. The second-order valence-electron chi connectivity index (χ2n) is 4.81. The van der Waals surface area contributed by atoms with E-state index >= 15 is 0 Å². The Hall–Kier alpha value is -1.96. The molecule has 110 valence electrons. The topological polar surface area (TPSA) is 96.2 Å². The van der Waals surface area contributed by atoms with Crippen LogP contribution in [0, 0.1) is 10.1 Å². The lowest BCUT2D eigenvalue weighted by molar-refractivity contribution is -0.384. The molecule has 0 aliphatic carbocycles. The molecule has 0 spiro atoms. The van der Waals surface area contributed by atoms with Crippen molar-refractivity contribution in [2.24, 2.45) is 0 Å². The Kier molecular flexibility index (Phi) is 4.67. The second-order valence-corrected chi connectivity index (χ2v) is 4.81. The van der Waals surface area contributed by atoms with E-state index in [0.717, 1.165) is 32.5 Å². The number of nitrogens with zero attached hydrogens (tertiary/aromatic N) is 4. The summed E-state index contributed by atoms with van der Waals surface area (Å²) in [6.07, 6.45) is 3.32. The average Bonchev–Trinajstić information content (AvgIpc) is 2.47. The minimum Gasteiger partial charge on any atom is -0.360 e. The van der Waals surface area contributed by atoms with E-state index in [1.54, 1.807) is 7.05 Å². The molecule has 0 bridgehead atoms. The molecule has 0 radical (unpaired) electrons. The third-order valence-electron chi connectivity index (χ3n) is 3.48. The van der Waals surface area contributed by atoms with Crippen molar-refractivity contribution in [3.63, 3.8) is 0 Å². The standard InChI is InChI=1S/C12H20N6O2/c1-3-17-6-4-5-9(8-17)15-11-10(18(19)20)7-14-12(13-2)16-11/h7,9H,3-6,8H2,1-2H3,(H2,13,14,15,16). The van der Waals surface area contributed by atoms with Gasteiger partial charge in [0.25, 0.3) is 0 Å². The fourth-order valence-electron chi connectivity index (χ4n) is 2.39. The summed E-state index contributed by atoms with van der Waals surface area (Å²) in [6.45, 7) is 5.08. The Bertz CT molecular complexity index is 481. The van der Waals surface area contributed by atoms with E-state index < -0.39 is 4.92 Å². The van der Waals surface area contributed by atoms with Crippen molar-refractivity contribution in [3.05, 3.63) is 16.3 Å². The molecular weight excluding hydrogens is 260 g/mol. The van der Waals surface area contributed by atoms with Gasteiger partial charge < -0.3 is 15.5 Å². The molecule has 20 heavy (non-hydrogen) atoms. The SMILES string of the molecule is CCN1CCCC(Nc2nc(NC)ncc2[N+](=O)[O-])C1. The number of anilines is 2. The molecule has 0 amide bonds. The lowest BCUT2D eigenvalue weighted by Gasteiger charge is -2.32. The summed E-state index contributed by atoms with van der Waals surface area (Å²) in [5.74, 6) is 0.665. The van der Waals surface area contributed by atoms with Crippen LogP contribution in [0.15, 0.2) is 6.20 Å². The van der Waals surface area contributed by atoms with E-state index in [1.165, 1.54) is 6.20 Å². The third kappa shape index (κ3) is 3.32. The normalized spacial score (nSPS) is 19.6. The minimum absolute atomic E-state index is 0.0855. The number of nitrogens with one attached hydrogen (secondary N) is 2. The van der Waals surface area contributed by atoms with Crippen LogP contribution in [-0.4, -0.2) is 52.5 Å². The maximum absolute atomic E-state index is 11.0. The first-order valence-electron chi connectivity index (χ1n) is 6.82. The maximum atomic E-state index is 11.0. The molecule has 8 heteroatoms. The number of likely N-dealkylation sites (N-methyl/N-ethyl adjacent to an activating group) is 1. The Morgan fingerprint density at radius 2 is 2.40 bits per heavy atom. The summed E-state index contributed by atoms with van der Waals surface area (Å²) >= 11 is 0. The fourth-order valence-corrected chi connectivity index (χ4v) is 2.39. The van der Waals surface area contributed by atoms with Gasteiger partial charge in [0.2, 0.25) is 11.8 Å². The molecule has 1 aliphatic heterocycles. The van der Waals surface area contributed by atoms with Crippen LogP contribution in [0.5, 0.6) is 0 Å². The molecule has 0 aromatic carbocycles. The average molecular weight is 280 g/mol. The zero-order valence-electron chi connectivity index (χ0n) is 11.8. The van der Waals surface area contributed by atoms with Crippen molar-refractivity contribution in [1.29, 1.82) is 0 Å². The summed E-state index contributed by atoms with van der Waals surface area (Å²) in [5.41, 5.74) is -0.0855. The predicted molar refractivity (Wildman–Crippen MR) is 77.0 cm³/mol. The van der Waals surface area contributed by atoms with Crippen molar-refractivity contribution in [2.75, 3.05) is 37.3 Å². The van der Waals surface area contributed by atoms with Crippen LogP contribution < -0.4 is 10.6 Å². The summed E-state index contributed by atoms with van der Waals surface area (Å²) in [4.78, 5) is 21.0. The highest BCUT2D eigenvalue weighted by Crippen LogP contribution is 2.24. The van der Waals surface area contributed by atoms with Gasteiger partial charge in [0.15, 0.2) is 0 Å². The molecule has 1 aromatic heterocycles. The molecule has 0 saturated carbocycles. The molecule has 2 N–H and O–H groups in total. The van der Waals surface area contributed by atoms with E-state index in [-0.39, 0.29) is 17.5 Å². The number of hydrogen-bond donors (Lipinski definition) is 2. The van der Waals surface area contributed by atoms with E-state index in [2.05, 4.69) is 32.4 Å². The van der Waals surface area contributed by atoms with Gasteiger partial charge in [0.05, 0.1) is 4.92 Å². The Morgan fingerprint density at radius 3 is 3.05 bits per heavy atom. The van der Waals surface area contributed by atoms with Crippen LogP contribution in [-0.2, 0) is 0 Å². The van der Waals surface area contributed by atoms with Gasteiger partial charge in [-0.1, -0.05) is 6.92 Å². The van der Waals surface area contributed by atoms with Crippen molar-refractivity contribution in [1.82, 2.24) is 14.9 Å². The molecule has 2 heterocycles. The first-order valence-corrected chi connectivity index (χ1v) is 6.82. The molecule has 1 atom stereocenters. The predicted octanol–water partition coefficient (Wildman–Crippen LogP) is 1.32. The number of piperidine rings is 1. The fraction of sp³-hybridized carbons (Fsp3) is 0.667. The zero-order valence-corrected chi connectivity index (χ0v) is 11.8. The first kappa shape index (κ1) is 14.4. The van der Waals surface area contributed by atoms with Crippen LogP contribution in [0.4, 0.5) is 17.5 Å². The van der Waals surface area contributed by atoms with Crippen LogP contribution in [0.3, 0.4) is 0 Å². The molecule has 1 aromatic rings. The van der Waals surface area contributed by atoms with E-state index in [4.69, 9.17) is 0 Å². The Morgan fingerprint density at radius 1 is 1.60 bits per heavy atom. The van der Waals surface area contributed by atoms with Gasteiger partial charge in [0, 0.05) is 19.6 Å². The molecule has 1 saturated heterocycles. The molecule has 8 nitrogen and oxygen atoms in total. The van der Waals surface area contributed by atoms with E-state index in [0.29, 0.717) is 5.95 Å². The monoisotopic (exact) mass is 280 g/mol. The van der Waals surface area contributed by atoms with Gasteiger partial charge in [-0.05, 0) is 25.9 Å². The number of hydrogen-bond acceptors (Lipinski definition) is 7. The molecule has 2 rings (SSSR count). The van der Waals surface area contributed by atoms with Gasteiger partial charge in [-0.3, -0.25) is 10.1 Å². The highest BCUT2D eigenvalue weighted by atomic mass is 16.6. The summed E-state index contributed by atoms with van der Waals surface area (Å²) in [5, 5.41) is 17.0. The number of rotatable bonds is 5. The van der Waals surface area contributed by atoms with E-state index in [9.17, 15) is 10.1 Å². The lowest BCUT2D eigenvalue weighted by Crippen LogP contribution is -2.42. The molecular formula is C12H20N6O2. The smallest absolute Gasteiger partial charge is 0.329 e. The summed E-state index contributed by atoms with van der Waals surface area (Å²) < 4.78 is 0. The van der Waals surface area contributed by atoms with Crippen molar-refractivity contribution in [3.8, 4) is 0 Å². The van der Waals surface area contributed by atoms with Gasteiger partial charge in [-0.25, -0.2) is 4.98 Å². The minimum atomic E-state index is -0.456. The third-order valence-corrected chi connectivity index (χ3v) is 3.48. The zero-order chi connectivity index (χ0) is 14.5. The number of likely N-dealkylation sites (tertiary alicyclic amines) is 1. The van der Waals surface area contributed by atoms with Gasteiger partial charge in [-0.15, -0.1) is 0 Å². The van der Waals surface area contributed by atoms with Crippen LogP contribution in [0.2, 0.25) is 0 Å². The van der Waals surface area contributed by atoms with Gasteiger partial charge in [-0.2, -0.15) is 4.98 Å². The highest BCUT2D eigenvalue weighted by molar-refractivity contribution is 5.57.